The second-order valence-corrected chi connectivity index (χ2v) is 5.29. The van der Waals surface area contributed by atoms with Crippen LogP contribution >= 0.6 is 0 Å². The van der Waals surface area contributed by atoms with Crippen LogP contribution in [0.15, 0.2) is 6.20 Å². The van der Waals surface area contributed by atoms with Gasteiger partial charge in [-0.3, -0.25) is 19.7 Å². The van der Waals surface area contributed by atoms with Crippen molar-refractivity contribution in [1.29, 1.82) is 0 Å². The number of nitrogens with one attached hydrogen (secondary N) is 1. The lowest BCUT2D eigenvalue weighted by molar-refractivity contribution is -0.126. The third-order valence-electron chi connectivity index (χ3n) is 3.69. The number of nitrogens with two attached hydrogens (primary N) is 2. The van der Waals surface area contributed by atoms with Crippen molar-refractivity contribution in [3.63, 3.8) is 0 Å². The van der Waals surface area contributed by atoms with Crippen molar-refractivity contribution in [1.82, 2.24) is 25.3 Å². The van der Waals surface area contributed by atoms with Gasteiger partial charge in [0.2, 0.25) is 5.91 Å². The van der Waals surface area contributed by atoms with Gasteiger partial charge in [0, 0.05) is 13.1 Å². The molecule has 9 heteroatoms. The van der Waals surface area contributed by atoms with Crippen LogP contribution in [0.3, 0.4) is 0 Å². The normalized spacial score (nSPS) is 22.9. The number of carbonyl (C=O) groups is 2. The first-order valence-electron chi connectivity index (χ1n) is 6.38. The standard InChI is InChI=1S/C11H19N7O2/c1-11(10(12)20)2-3-17(7-11)4-5-18-6-8(15-16-18)9(19)14-13/h6H,2-5,7,13H2,1H3,(H2,12,20)(H,14,19). The van der Waals surface area contributed by atoms with Crippen LogP contribution in [0.5, 0.6) is 0 Å². The fourth-order valence-corrected chi connectivity index (χ4v) is 2.28. The highest BCUT2D eigenvalue weighted by atomic mass is 16.2. The van der Waals surface area contributed by atoms with E-state index in [2.05, 4.69) is 15.2 Å². The number of rotatable bonds is 5. The Hall–Kier alpha value is -2.00. The minimum absolute atomic E-state index is 0.177. The maximum Gasteiger partial charge on any atom is 0.287 e. The summed E-state index contributed by atoms with van der Waals surface area (Å²) in [5, 5.41) is 7.57. The average Bonchev–Trinajstić information content (AvgIpc) is 3.03. The van der Waals surface area contributed by atoms with Crippen molar-refractivity contribution >= 4 is 11.8 Å². The largest absolute Gasteiger partial charge is 0.369 e. The molecule has 1 fully saturated rings. The van der Waals surface area contributed by atoms with E-state index in [-0.39, 0.29) is 11.6 Å². The molecule has 2 amide bonds. The number of likely N-dealkylation sites (tertiary alicyclic amines) is 1. The van der Waals surface area contributed by atoms with E-state index in [1.807, 2.05) is 12.3 Å². The Labute approximate surface area is 116 Å². The van der Waals surface area contributed by atoms with Gasteiger partial charge in [-0.05, 0) is 19.9 Å². The van der Waals surface area contributed by atoms with Gasteiger partial charge in [0.25, 0.3) is 5.91 Å². The number of hydrazine groups is 1. The summed E-state index contributed by atoms with van der Waals surface area (Å²) < 4.78 is 1.57. The molecule has 1 aliphatic heterocycles. The Morgan fingerprint density at radius 1 is 1.50 bits per heavy atom. The van der Waals surface area contributed by atoms with Crippen molar-refractivity contribution in [2.45, 2.75) is 19.9 Å². The first-order chi connectivity index (χ1) is 9.44. The summed E-state index contributed by atoms with van der Waals surface area (Å²) in [4.78, 5) is 24.7. The van der Waals surface area contributed by atoms with E-state index in [1.165, 1.54) is 6.20 Å². The second-order valence-electron chi connectivity index (χ2n) is 5.29. The van der Waals surface area contributed by atoms with Crippen LogP contribution in [0.2, 0.25) is 0 Å². The molecular formula is C11H19N7O2. The van der Waals surface area contributed by atoms with Gasteiger partial charge in [-0.15, -0.1) is 5.10 Å². The summed E-state index contributed by atoms with van der Waals surface area (Å²) in [6.07, 6.45) is 2.30. The number of aromatic nitrogens is 3. The molecule has 20 heavy (non-hydrogen) atoms. The van der Waals surface area contributed by atoms with E-state index in [4.69, 9.17) is 11.6 Å². The van der Waals surface area contributed by atoms with Crippen LogP contribution < -0.4 is 17.0 Å². The highest BCUT2D eigenvalue weighted by Crippen LogP contribution is 2.29. The lowest BCUT2D eigenvalue weighted by atomic mass is 9.89. The van der Waals surface area contributed by atoms with Gasteiger partial charge in [-0.2, -0.15) is 0 Å². The van der Waals surface area contributed by atoms with Crippen LogP contribution in [0.1, 0.15) is 23.8 Å². The molecule has 5 N–H and O–H groups in total. The molecule has 2 heterocycles. The summed E-state index contributed by atoms with van der Waals surface area (Å²) in [7, 11) is 0. The highest BCUT2D eigenvalue weighted by Gasteiger charge is 2.38. The molecule has 0 aromatic carbocycles. The monoisotopic (exact) mass is 281 g/mol. The van der Waals surface area contributed by atoms with Crippen molar-refractivity contribution < 1.29 is 9.59 Å². The van der Waals surface area contributed by atoms with Crippen molar-refractivity contribution in [2.75, 3.05) is 19.6 Å². The average molecular weight is 281 g/mol. The Balaban J connectivity index is 1.86. The number of hydrogen-bond donors (Lipinski definition) is 3. The van der Waals surface area contributed by atoms with E-state index in [0.717, 1.165) is 19.5 Å². The Kier molecular flexibility index (Phi) is 4.00. The number of primary amides is 1. The Bertz CT molecular complexity index is 515. The summed E-state index contributed by atoms with van der Waals surface area (Å²) >= 11 is 0. The van der Waals surface area contributed by atoms with Crippen molar-refractivity contribution in [2.24, 2.45) is 17.0 Å². The minimum Gasteiger partial charge on any atom is -0.369 e. The topological polar surface area (TPSA) is 132 Å². The fourth-order valence-electron chi connectivity index (χ4n) is 2.28. The minimum atomic E-state index is -0.473. The Morgan fingerprint density at radius 3 is 2.85 bits per heavy atom. The maximum atomic E-state index is 11.4. The van der Waals surface area contributed by atoms with Crippen LogP contribution in [0.4, 0.5) is 0 Å². The molecule has 1 aromatic rings. The zero-order chi connectivity index (χ0) is 14.8. The van der Waals surface area contributed by atoms with E-state index < -0.39 is 11.3 Å². The third-order valence-corrected chi connectivity index (χ3v) is 3.69. The molecule has 110 valence electrons. The maximum absolute atomic E-state index is 11.4. The molecule has 1 aromatic heterocycles. The number of hydrogen-bond acceptors (Lipinski definition) is 6. The summed E-state index contributed by atoms with van der Waals surface area (Å²) in [5.74, 6) is 4.28. The van der Waals surface area contributed by atoms with Crippen LogP contribution in [0, 0.1) is 5.41 Å². The number of nitrogens with zero attached hydrogens (tertiary/aromatic N) is 4. The Morgan fingerprint density at radius 2 is 2.25 bits per heavy atom. The van der Waals surface area contributed by atoms with E-state index in [9.17, 15) is 9.59 Å². The highest BCUT2D eigenvalue weighted by molar-refractivity contribution is 5.91. The summed E-state index contributed by atoms with van der Waals surface area (Å²) in [6.45, 7) is 4.65. The van der Waals surface area contributed by atoms with Crippen molar-refractivity contribution in [3.05, 3.63) is 11.9 Å². The van der Waals surface area contributed by atoms with E-state index in [0.29, 0.717) is 13.1 Å². The first kappa shape index (κ1) is 14.4. The molecule has 0 bridgehead atoms. The van der Waals surface area contributed by atoms with Gasteiger partial charge >= 0.3 is 0 Å². The molecule has 1 saturated heterocycles. The molecule has 1 atom stereocenters. The molecular weight excluding hydrogens is 262 g/mol. The van der Waals surface area contributed by atoms with Gasteiger partial charge in [0.15, 0.2) is 5.69 Å². The smallest absolute Gasteiger partial charge is 0.287 e. The second kappa shape index (κ2) is 5.55. The molecule has 0 aliphatic carbocycles. The SMILES string of the molecule is CC1(C(N)=O)CCN(CCn2cc(C(=O)NN)nn2)C1. The predicted octanol–water partition coefficient (Wildman–Crippen LogP) is -1.92. The van der Waals surface area contributed by atoms with Crippen molar-refractivity contribution in [3.8, 4) is 0 Å². The van der Waals surface area contributed by atoms with Gasteiger partial charge in [-0.1, -0.05) is 5.21 Å². The van der Waals surface area contributed by atoms with Crippen LogP contribution in [-0.4, -0.2) is 51.3 Å². The van der Waals surface area contributed by atoms with Gasteiger partial charge in [-0.25, -0.2) is 5.84 Å². The third kappa shape index (κ3) is 2.94. The molecule has 0 radical (unpaired) electrons. The molecule has 1 aliphatic rings. The number of amides is 2. The summed E-state index contributed by atoms with van der Waals surface area (Å²) in [5.41, 5.74) is 7.13. The number of nitrogen functional groups attached to an aromatic ring is 1. The van der Waals surface area contributed by atoms with E-state index >= 15 is 0 Å². The zero-order valence-corrected chi connectivity index (χ0v) is 11.4. The lowest BCUT2D eigenvalue weighted by Gasteiger charge is -2.20. The molecule has 0 spiro atoms. The zero-order valence-electron chi connectivity index (χ0n) is 11.4. The van der Waals surface area contributed by atoms with Gasteiger partial charge < -0.3 is 10.6 Å². The summed E-state index contributed by atoms with van der Waals surface area (Å²) in [6, 6.07) is 0. The molecule has 2 rings (SSSR count). The predicted molar refractivity (Wildman–Crippen MR) is 70.0 cm³/mol. The quantitative estimate of drug-likeness (QED) is 0.327. The fraction of sp³-hybridized carbons (Fsp3) is 0.636. The van der Waals surface area contributed by atoms with E-state index in [1.54, 1.807) is 4.68 Å². The van der Waals surface area contributed by atoms with Gasteiger partial charge in [0.05, 0.1) is 18.2 Å². The molecule has 1 unspecified atom stereocenters. The first-order valence-corrected chi connectivity index (χ1v) is 6.38. The van der Waals surface area contributed by atoms with Crippen LogP contribution in [-0.2, 0) is 11.3 Å². The molecule has 9 nitrogen and oxygen atoms in total. The molecule has 0 saturated carbocycles. The van der Waals surface area contributed by atoms with Crippen LogP contribution in [0.25, 0.3) is 0 Å². The van der Waals surface area contributed by atoms with Gasteiger partial charge in [0.1, 0.15) is 0 Å². The lowest BCUT2D eigenvalue weighted by Crippen LogP contribution is -2.37. The number of carbonyl (C=O) groups excluding carboxylic acids is 2.